The third-order valence-corrected chi connectivity index (χ3v) is 6.57. The summed E-state index contributed by atoms with van der Waals surface area (Å²) in [5, 5.41) is 3.27. The summed E-state index contributed by atoms with van der Waals surface area (Å²) in [5.41, 5.74) is 2.89. The lowest BCUT2D eigenvalue weighted by molar-refractivity contribution is -0.127. The number of likely N-dealkylation sites (tertiary alicyclic amines) is 1. The Morgan fingerprint density at radius 2 is 1.72 bits per heavy atom. The molecule has 6 nitrogen and oxygen atoms in total. The van der Waals surface area contributed by atoms with Crippen LogP contribution in [-0.2, 0) is 4.79 Å². The number of para-hydroxylation sites is 2. The summed E-state index contributed by atoms with van der Waals surface area (Å²) < 4.78 is 5.52. The van der Waals surface area contributed by atoms with E-state index in [1.165, 1.54) is 0 Å². The maximum Gasteiger partial charge on any atom is 0.253 e. The van der Waals surface area contributed by atoms with Crippen molar-refractivity contribution in [2.24, 2.45) is 5.92 Å². The van der Waals surface area contributed by atoms with E-state index >= 15 is 0 Å². The number of hydrogen-bond donors (Lipinski definition) is 1. The highest BCUT2D eigenvalue weighted by Crippen LogP contribution is 2.30. The van der Waals surface area contributed by atoms with Crippen molar-refractivity contribution in [1.29, 1.82) is 0 Å². The number of piperidine rings is 2. The van der Waals surface area contributed by atoms with Crippen molar-refractivity contribution in [3.8, 4) is 5.75 Å². The van der Waals surface area contributed by atoms with Gasteiger partial charge in [-0.05, 0) is 56.9 Å². The van der Waals surface area contributed by atoms with Gasteiger partial charge in [-0.3, -0.25) is 9.59 Å². The molecule has 2 aromatic carbocycles. The zero-order valence-corrected chi connectivity index (χ0v) is 19.0. The van der Waals surface area contributed by atoms with E-state index in [0.29, 0.717) is 18.7 Å². The first kappa shape index (κ1) is 22.2. The van der Waals surface area contributed by atoms with E-state index < -0.39 is 0 Å². The van der Waals surface area contributed by atoms with Gasteiger partial charge in [0.1, 0.15) is 5.75 Å². The van der Waals surface area contributed by atoms with Gasteiger partial charge >= 0.3 is 0 Å². The van der Waals surface area contributed by atoms with Crippen molar-refractivity contribution in [3.05, 3.63) is 59.7 Å². The third kappa shape index (κ3) is 5.06. The molecule has 170 valence electrons. The molecule has 2 atom stereocenters. The van der Waals surface area contributed by atoms with E-state index in [9.17, 15) is 9.59 Å². The minimum Gasteiger partial charge on any atom is -0.495 e. The fraction of sp³-hybridized carbons (Fsp3) is 0.462. The number of amides is 2. The fourth-order valence-electron chi connectivity index (χ4n) is 4.78. The van der Waals surface area contributed by atoms with Gasteiger partial charge in [0.15, 0.2) is 0 Å². The second-order valence-corrected chi connectivity index (χ2v) is 8.92. The molecule has 0 aromatic heterocycles. The number of rotatable bonds is 5. The first-order valence-electron chi connectivity index (χ1n) is 11.6. The molecule has 2 aliphatic rings. The summed E-state index contributed by atoms with van der Waals surface area (Å²) in [6, 6.07) is 15.8. The summed E-state index contributed by atoms with van der Waals surface area (Å²) in [6.45, 7) is 4.93. The summed E-state index contributed by atoms with van der Waals surface area (Å²) in [4.78, 5) is 30.1. The van der Waals surface area contributed by atoms with E-state index in [-0.39, 0.29) is 23.8 Å². The van der Waals surface area contributed by atoms with Crippen LogP contribution in [0.5, 0.6) is 5.75 Å². The van der Waals surface area contributed by atoms with Crippen LogP contribution in [-0.4, -0.2) is 56.0 Å². The molecule has 0 bridgehead atoms. The minimum atomic E-state index is -0.153. The minimum absolute atomic E-state index is 0.0162. The van der Waals surface area contributed by atoms with Crippen molar-refractivity contribution in [3.63, 3.8) is 0 Å². The molecule has 2 aromatic rings. The van der Waals surface area contributed by atoms with Crippen molar-refractivity contribution in [1.82, 2.24) is 10.2 Å². The Kier molecular flexibility index (Phi) is 6.98. The number of aryl methyl sites for hydroxylation is 1. The standard InChI is InChI=1S/C26H33N3O3/c1-19-11-13-20(14-12-19)26(31)29-16-5-7-21(17-29)25(30)27-22-8-6-15-28(18-22)23-9-3-4-10-24(23)32-2/h3-4,9-14,21-22H,5-8,15-18H2,1-2H3,(H,27,30). The van der Waals surface area contributed by atoms with Crippen LogP contribution in [0.1, 0.15) is 41.6 Å². The fourth-order valence-corrected chi connectivity index (χ4v) is 4.78. The Hall–Kier alpha value is -3.02. The van der Waals surface area contributed by atoms with Crippen LogP contribution in [0.25, 0.3) is 0 Å². The average Bonchev–Trinajstić information content (AvgIpc) is 2.84. The summed E-state index contributed by atoms with van der Waals surface area (Å²) >= 11 is 0. The lowest BCUT2D eigenvalue weighted by atomic mass is 9.95. The molecule has 32 heavy (non-hydrogen) atoms. The number of nitrogens with zero attached hydrogens (tertiary/aromatic N) is 2. The van der Waals surface area contributed by atoms with Gasteiger partial charge in [-0.1, -0.05) is 29.8 Å². The van der Waals surface area contributed by atoms with Gasteiger partial charge in [-0.2, -0.15) is 0 Å². The number of carbonyl (C=O) groups excluding carboxylic acids is 2. The van der Waals surface area contributed by atoms with Gasteiger partial charge in [-0.15, -0.1) is 0 Å². The number of hydrogen-bond acceptors (Lipinski definition) is 4. The van der Waals surface area contributed by atoms with Crippen LogP contribution in [0.3, 0.4) is 0 Å². The second-order valence-electron chi connectivity index (χ2n) is 8.92. The van der Waals surface area contributed by atoms with Crippen LogP contribution in [0.2, 0.25) is 0 Å². The monoisotopic (exact) mass is 435 g/mol. The molecule has 0 spiro atoms. The number of nitrogens with one attached hydrogen (secondary N) is 1. The molecule has 0 aliphatic carbocycles. The van der Waals surface area contributed by atoms with Gasteiger partial charge < -0.3 is 19.9 Å². The zero-order chi connectivity index (χ0) is 22.5. The van der Waals surface area contributed by atoms with E-state index in [1.54, 1.807) is 7.11 Å². The van der Waals surface area contributed by atoms with Crippen LogP contribution < -0.4 is 15.0 Å². The van der Waals surface area contributed by atoms with Crippen molar-refractivity contribution < 1.29 is 14.3 Å². The smallest absolute Gasteiger partial charge is 0.253 e. The molecule has 2 heterocycles. The Balaban J connectivity index is 1.35. The van der Waals surface area contributed by atoms with Gasteiger partial charge in [0, 0.05) is 37.8 Å². The van der Waals surface area contributed by atoms with E-state index in [4.69, 9.17) is 4.74 Å². The van der Waals surface area contributed by atoms with Gasteiger partial charge in [-0.25, -0.2) is 0 Å². The maximum absolute atomic E-state index is 13.1. The Bertz CT molecular complexity index is 944. The van der Waals surface area contributed by atoms with E-state index in [0.717, 1.165) is 55.8 Å². The number of methoxy groups -OCH3 is 1. The van der Waals surface area contributed by atoms with Crippen LogP contribution >= 0.6 is 0 Å². The average molecular weight is 436 g/mol. The van der Waals surface area contributed by atoms with Crippen molar-refractivity contribution >= 4 is 17.5 Å². The highest BCUT2D eigenvalue weighted by molar-refractivity contribution is 5.94. The summed E-state index contributed by atoms with van der Waals surface area (Å²) in [5.74, 6) is 0.789. The molecular formula is C26H33N3O3. The number of carbonyl (C=O) groups is 2. The predicted octanol–water partition coefficient (Wildman–Crippen LogP) is 3.64. The normalized spacial score (nSPS) is 21.2. The SMILES string of the molecule is COc1ccccc1N1CCCC(NC(=O)C2CCCN(C(=O)c3ccc(C)cc3)C2)C1. The molecule has 2 unspecified atom stereocenters. The van der Waals surface area contributed by atoms with Crippen molar-refractivity contribution in [2.45, 2.75) is 38.6 Å². The van der Waals surface area contributed by atoms with Crippen LogP contribution in [0.15, 0.2) is 48.5 Å². The first-order chi connectivity index (χ1) is 15.5. The molecule has 1 N–H and O–H groups in total. The van der Waals surface area contributed by atoms with Gasteiger partial charge in [0.05, 0.1) is 18.7 Å². The van der Waals surface area contributed by atoms with Crippen LogP contribution in [0.4, 0.5) is 5.69 Å². The van der Waals surface area contributed by atoms with Crippen molar-refractivity contribution in [2.75, 3.05) is 38.2 Å². The number of anilines is 1. The largest absolute Gasteiger partial charge is 0.495 e. The highest BCUT2D eigenvalue weighted by Gasteiger charge is 2.31. The topological polar surface area (TPSA) is 61.9 Å². The molecule has 6 heteroatoms. The molecule has 2 amide bonds. The zero-order valence-electron chi connectivity index (χ0n) is 19.0. The molecule has 0 saturated carbocycles. The molecule has 0 radical (unpaired) electrons. The Morgan fingerprint density at radius 1 is 0.969 bits per heavy atom. The molecule has 2 saturated heterocycles. The van der Waals surface area contributed by atoms with E-state index in [1.807, 2.05) is 54.3 Å². The predicted molar refractivity (Wildman–Crippen MR) is 126 cm³/mol. The third-order valence-electron chi connectivity index (χ3n) is 6.57. The maximum atomic E-state index is 13.1. The quantitative estimate of drug-likeness (QED) is 0.779. The number of ether oxygens (including phenoxy) is 1. The second kappa shape index (κ2) is 10.1. The lowest BCUT2D eigenvalue weighted by Crippen LogP contribution is -2.52. The van der Waals surface area contributed by atoms with Crippen LogP contribution in [0, 0.1) is 12.8 Å². The first-order valence-corrected chi connectivity index (χ1v) is 11.6. The molecule has 2 fully saturated rings. The van der Waals surface area contributed by atoms with Gasteiger partial charge in [0.25, 0.3) is 5.91 Å². The Morgan fingerprint density at radius 3 is 2.50 bits per heavy atom. The summed E-state index contributed by atoms with van der Waals surface area (Å²) in [6.07, 6.45) is 3.67. The van der Waals surface area contributed by atoms with Gasteiger partial charge in [0.2, 0.25) is 5.91 Å². The molecule has 4 rings (SSSR count). The summed E-state index contributed by atoms with van der Waals surface area (Å²) in [7, 11) is 1.69. The molecular weight excluding hydrogens is 402 g/mol. The lowest BCUT2D eigenvalue weighted by Gasteiger charge is -2.37. The Labute approximate surface area is 190 Å². The van der Waals surface area contributed by atoms with E-state index in [2.05, 4.69) is 16.3 Å². The molecule has 2 aliphatic heterocycles. The number of benzene rings is 2. The highest BCUT2D eigenvalue weighted by atomic mass is 16.5.